The van der Waals surface area contributed by atoms with Crippen molar-refractivity contribution in [1.29, 1.82) is 0 Å². The van der Waals surface area contributed by atoms with E-state index in [2.05, 4.69) is 23.7 Å². The highest BCUT2D eigenvalue weighted by Gasteiger charge is 2.54. The molecule has 5 heteroatoms. The van der Waals surface area contributed by atoms with Crippen LogP contribution in [0.15, 0.2) is 12.3 Å². The van der Waals surface area contributed by atoms with Crippen LogP contribution in [0.5, 0.6) is 5.88 Å². The van der Waals surface area contributed by atoms with E-state index >= 15 is 0 Å². The van der Waals surface area contributed by atoms with Gasteiger partial charge in [-0.1, -0.05) is 13.8 Å². The van der Waals surface area contributed by atoms with E-state index in [0.29, 0.717) is 31.2 Å². The summed E-state index contributed by atoms with van der Waals surface area (Å²) in [5.41, 5.74) is 0.997. The van der Waals surface area contributed by atoms with Gasteiger partial charge >= 0.3 is 5.97 Å². The molecular formula is C17H24N2O3. The number of carboxylic acids is 1. The van der Waals surface area contributed by atoms with Gasteiger partial charge in [0.1, 0.15) is 0 Å². The molecule has 0 unspecified atom stereocenters. The van der Waals surface area contributed by atoms with Crippen molar-refractivity contribution >= 4 is 11.7 Å². The third-order valence-electron chi connectivity index (χ3n) is 4.54. The molecule has 0 bridgehead atoms. The average Bonchev–Trinajstić information content (AvgIpc) is 3.13. The molecule has 1 aromatic heterocycles. The first-order valence-electron chi connectivity index (χ1n) is 8.14. The molecule has 0 spiro atoms. The van der Waals surface area contributed by atoms with Crippen LogP contribution >= 0.6 is 0 Å². The van der Waals surface area contributed by atoms with Crippen LogP contribution in [0.2, 0.25) is 0 Å². The number of nitrogens with zero attached hydrogens (tertiary/aromatic N) is 2. The Morgan fingerprint density at radius 1 is 1.41 bits per heavy atom. The van der Waals surface area contributed by atoms with Crippen LogP contribution in [0.3, 0.4) is 0 Å². The van der Waals surface area contributed by atoms with E-state index in [1.54, 1.807) is 0 Å². The smallest absolute Gasteiger partial charge is 0.314 e. The summed E-state index contributed by atoms with van der Waals surface area (Å²) in [6, 6.07) is 2.00. The molecule has 0 radical (unpaired) electrons. The Hall–Kier alpha value is -1.78. The molecule has 5 nitrogen and oxygen atoms in total. The van der Waals surface area contributed by atoms with Gasteiger partial charge in [-0.2, -0.15) is 0 Å². The summed E-state index contributed by atoms with van der Waals surface area (Å²) in [4.78, 5) is 18.4. The third-order valence-corrected chi connectivity index (χ3v) is 4.54. The molecular weight excluding hydrogens is 280 g/mol. The van der Waals surface area contributed by atoms with Crippen LogP contribution in [0.4, 0.5) is 5.69 Å². The fourth-order valence-corrected chi connectivity index (χ4v) is 3.02. The monoisotopic (exact) mass is 304 g/mol. The fourth-order valence-electron chi connectivity index (χ4n) is 3.02. The highest BCUT2D eigenvalue weighted by atomic mass is 16.5. The lowest BCUT2D eigenvalue weighted by Crippen LogP contribution is -2.24. The minimum Gasteiger partial charge on any atom is -0.481 e. The second-order valence-corrected chi connectivity index (χ2v) is 6.83. The predicted molar refractivity (Wildman–Crippen MR) is 84.6 cm³/mol. The molecule has 1 aliphatic heterocycles. The van der Waals surface area contributed by atoms with Crippen molar-refractivity contribution in [2.75, 3.05) is 24.6 Å². The molecule has 0 atom stereocenters. The third kappa shape index (κ3) is 2.76. The second kappa shape index (κ2) is 5.78. The summed E-state index contributed by atoms with van der Waals surface area (Å²) in [7, 11) is 0. The van der Waals surface area contributed by atoms with Crippen LogP contribution in [0, 0.1) is 5.92 Å². The molecule has 1 aliphatic carbocycles. The van der Waals surface area contributed by atoms with Crippen molar-refractivity contribution in [3.05, 3.63) is 17.8 Å². The Morgan fingerprint density at radius 2 is 2.09 bits per heavy atom. The van der Waals surface area contributed by atoms with Gasteiger partial charge in [0.25, 0.3) is 0 Å². The van der Waals surface area contributed by atoms with Crippen LogP contribution in [-0.2, 0) is 10.2 Å². The summed E-state index contributed by atoms with van der Waals surface area (Å²) in [6.45, 7) is 6.74. The Kier molecular flexibility index (Phi) is 3.98. The first-order valence-corrected chi connectivity index (χ1v) is 8.14. The highest BCUT2D eigenvalue weighted by Crippen LogP contribution is 2.52. The Bertz CT molecular complexity index is 561. The van der Waals surface area contributed by atoms with Crippen molar-refractivity contribution in [3.8, 4) is 5.88 Å². The predicted octanol–water partition coefficient (Wildman–Crippen LogP) is 2.83. The first kappa shape index (κ1) is 15.1. The maximum Gasteiger partial charge on any atom is 0.314 e. The zero-order chi connectivity index (χ0) is 15.7. The number of ether oxygens (including phenoxy) is 1. The summed E-state index contributed by atoms with van der Waals surface area (Å²) >= 11 is 0. The number of pyridine rings is 1. The van der Waals surface area contributed by atoms with Crippen molar-refractivity contribution in [3.63, 3.8) is 0 Å². The van der Waals surface area contributed by atoms with E-state index in [1.165, 1.54) is 12.8 Å². The van der Waals surface area contributed by atoms with Gasteiger partial charge in [0, 0.05) is 18.7 Å². The lowest BCUT2D eigenvalue weighted by atomic mass is 9.96. The van der Waals surface area contributed by atoms with Crippen LogP contribution in [-0.4, -0.2) is 35.8 Å². The SMILES string of the molecule is CC(C)COc1ncc(N2CCCC2)cc1C1(C(=O)O)CC1. The number of hydrogen-bond acceptors (Lipinski definition) is 4. The Morgan fingerprint density at radius 3 is 2.64 bits per heavy atom. The molecule has 120 valence electrons. The molecule has 2 fully saturated rings. The van der Waals surface area contributed by atoms with Gasteiger partial charge in [-0.15, -0.1) is 0 Å². The molecule has 2 heterocycles. The number of hydrogen-bond donors (Lipinski definition) is 1. The molecule has 3 rings (SSSR count). The molecule has 1 saturated heterocycles. The zero-order valence-electron chi connectivity index (χ0n) is 13.3. The van der Waals surface area contributed by atoms with E-state index < -0.39 is 11.4 Å². The normalized spacial score (nSPS) is 19.5. The maximum atomic E-state index is 11.7. The quantitative estimate of drug-likeness (QED) is 0.875. The first-order chi connectivity index (χ1) is 10.5. The summed E-state index contributed by atoms with van der Waals surface area (Å²) in [5, 5.41) is 9.62. The topological polar surface area (TPSA) is 62.7 Å². The van der Waals surface area contributed by atoms with E-state index in [0.717, 1.165) is 24.3 Å². The summed E-state index contributed by atoms with van der Waals surface area (Å²) < 4.78 is 5.80. The zero-order valence-corrected chi connectivity index (χ0v) is 13.3. The largest absolute Gasteiger partial charge is 0.481 e. The highest BCUT2D eigenvalue weighted by molar-refractivity contribution is 5.86. The molecule has 1 aromatic rings. The molecule has 22 heavy (non-hydrogen) atoms. The van der Waals surface area contributed by atoms with E-state index in [9.17, 15) is 9.90 Å². The number of carboxylic acid groups (broad SMARTS) is 1. The lowest BCUT2D eigenvalue weighted by molar-refractivity contribution is -0.140. The standard InChI is InChI=1S/C17H24N2O3/c1-12(2)11-22-15-14(17(5-6-17)16(20)21)9-13(10-18-15)19-7-3-4-8-19/h9-10,12H,3-8,11H2,1-2H3,(H,20,21). The fraction of sp³-hybridized carbons (Fsp3) is 0.647. The maximum absolute atomic E-state index is 11.7. The van der Waals surface area contributed by atoms with Gasteiger partial charge < -0.3 is 14.7 Å². The van der Waals surface area contributed by atoms with Gasteiger partial charge in [-0.05, 0) is 37.7 Å². The molecule has 0 amide bonds. The molecule has 2 aliphatic rings. The second-order valence-electron chi connectivity index (χ2n) is 6.83. The lowest BCUT2D eigenvalue weighted by Gasteiger charge is -2.22. The summed E-state index contributed by atoms with van der Waals surface area (Å²) in [6.07, 6.45) is 5.54. The van der Waals surface area contributed by atoms with Crippen molar-refractivity contribution in [2.45, 2.75) is 44.9 Å². The van der Waals surface area contributed by atoms with E-state index in [4.69, 9.17) is 4.74 Å². The van der Waals surface area contributed by atoms with Gasteiger partial charge in [0.2, 0.25) is 5.88 Å². The minimum absolute atomic E-state index is 0.382. The number of aliphatic carboxylic acids is 1. The van der Waals surface area contributed by atoms with E-state index in [1.807, 2.05) is 12.3 Å². The van der Waals surface area contributed by atoms with Crippen molar-refractivity contribution in [2.24, 2.45) is 5.92 Å². The number of anilines is 1. The van der Waals surface area contributed by atoms with Gasteiger partial charge in [0.15, 0.2) is 0 Å². The molecule has 1 N–H and O–H groups in total. The Labute approximate surface area is 131 Å². The number of carbonyl (C=O) groups is 1. The van der Waals surface area contributed by atoms with Gasteiger partial charge in [-0.3, -0.25) is 4.79 Å². The van der Waals surface area contributed by atoms with E-state index in [-0.39, 0.29) is 0 Å². The van der Waals surface area contributed by atoms with Crippen molar-refractivity contribution in [1.82, 2.24) is 4.98 Å². The van der Waals surface area contributed by atoms with Crippen LogP contribution in [0.25, 0.3) is 0 Å². The minimum atomic E-state index is -0.783. The number of aromatic nitrogens is 1. The number of rotatable bonds is 6. The Balaban J connectivity index is 1.94. The summed E-state index contributed by atoms with van der Waals surface area (Å²) in [5.74, 6) is 0.117. The molecule has 0 aromatic carbocycles. The average molecular weight is 304 g/mol. The van der Waals surface area contributed by atoms with Crippen LogP contribution < -0.4 is 9.64 Å². The molecule has 1 saturated carbocycles. The van der Waals surface area contributed by atoms with Crippen molar-refractivity contribution < 1.29 is 14.6 Å². The van der Waals surface area contributed by atoms with Gasteiger partial charge in [-0.25, -0.2) is 4.98 Å². The van der Waals surface area contributed by atoms with Crippen LogP contribution in [0.1, 0.15) is 45.1 Å². The van der Waals surface area contributed by atoms with Gasteiger partial charge in [0.05, 0.1) is 23.9 Å².